The number of hydrogen-bond acceptors (Lipinski definition) is 2. The van der Waals surface area contributed by atoms with Gasteiger partial charge in [-0.3, -0.25) is 4.79 Å². The SMILES string of the molecule is CCNC(=NCc1ccc(Cn2ccccc2=O)cc1)NCCc1ccc(F)cc1C.I. The number of nitrogens with one attached hydrogen (secondary N) is 2. The minimum absolute atomic E-state index is 0. The molecular weight excluding hydrogens is 518 g/mol. The van der Waals surface area contributed by atoms with Crippen molar-refractivity contribution < 1.29 is 4.39 Å². The first-order chi connectivity index (χ1) is 15.0. The van der Waals surface area contributed by atoms with Crippen molar-refractivity contribution in [1.82, 2.24) is 15.2 Å². The second kappa shape index (κ2) is 13.0. The van der Waals surface area contributed by atoms with E-state index in [1.807, 2.05) is 50.2 Å². The van der Waals surface area contributed by atoms with Gasteiger partial charge in [0.05, 0.1) is 13.1 Å². The van der Waals surface area contributed by atoms with E-state index in [0.717, 1.165) is 41.2 Å². The molecular formula is C25H30FIN4O. The molecule has 0 amide bonds. The third-order valence-corrected chi connectivity index (χ3v) is 5.03. The van der Waals surface area contributed by atoms with Crippen LogP contribution in [0, 0.1) is 12.7 Å². The number of aromatic nitrogens is 1. The Morgan fingerprint density at radius 1 is 1.03 bits per heavy atom. The van der Waals surface area contributed by atoms with E-state index in [1.54, 1.807) is 29.0 Å². The highest BCUT2D eigenvalue weighted by Crippen LogP contribution is 2.10. The molecule has 1 aromatic heterocycles. The summed E-state index contributed by atoms with van der Waals surface area (Å²) in [6, 6.07) is 18.2. The van der Waals surface area contributed by atoms with Crippen molar-refractivity contribution in [3.05, 3.63) is 105 Å². The second-order valence-electron chi connectivity index (χ2n) is 7.43. The van der Waals surface area contributed by atoms with Crippen molar-refractivity contribution in [2.24, 2.45) is 4.99 Å². The summed E-state index contributed by atoms with van der Waals surface area (Å²) in [5.74, 6) is 0.549. The van der Waals surface area contributed by atoms with E-state index in [1.165, 1.54) is 6.07 Å². The molecule has 32 heavy (non-hydrogen) atoms. The largest absolute Gasteiger partial charge is 0.357 e. The first-order valence-electron chi connectivity index (χ1n) is 10.6. The molecule has 0 saturated carbocycles. The molecule has 0 aliphatic carbocycles. The number of guanidine groups is 1. The van der Waals surface area contributed by atoms with Gasteiger partial charge in [0.25, 0.3) is 5.56 Å². The topological polar surface area (TPSA) is 58.4 Å². The Hall–Kier alpha value is -2.68. The van der Waals surface area contributed by atoms with Crippen molar-refractivity contribution >= 4 is 29.9 Å². The van der Waals surface area contributed by atoms with Crippen LogP contribution in [0.5, 0.6) is 0 Å². The Morgan fingerprint density at radius 3 is 2.47 bits per heavy atom. The van der Waals surface area contributed by atoms with Gasteiger partial charge in [0.1, 0.15) is 5.82 Å². The highest BCUT2D eigenvalue weighted by atomic mass is 127. The smallest absolute Gasteiger partial charge is 0.250 e. The minimum atomic E-state index is -0.203. The predicted molar refractivity (Wildman–Crippen MR) is 139 cm³/mol. The zero-order valence-corrected chi connectivity index (χ0v) is 20.8. The van der Waals surface area contributed by atoms with Crippen molar-refractivity contribution in [2.45, 2.75) is 33.4 Å². The van der Waals surface area contributed by atoms with Gasteiger partial charge >= 0.3 is 0 Å². The quantitative estimate of drug-likeness (QED) is 0.251. The van der Waals surface area contributed by atoms with Gasteiger partial charge in [-0.15, -0.1) is 24.0 Å². The Labute approximate surface area is 205 Å². The van der Waals surface area contributed by atoms with E-state index in [0.29, 0.717) is 19.6 Å². The van der Waals surface area contributed by atoms with Gasteiger partial charge in [-0.05, 0) is 60.7 Å². The molecule has 3 rings (SSSR count). The summed E-state index contributed by atoms with van der Waals surface area (Å²) in [6.45, 7) is 6.54. The normalized spacial score (nSPS) is 11.0. The molecule has 0 fully saturated rings. The lowest BCUT2D eigenvalue weighted by molar-refractivity contribution is 0.625. The van der Waals surface area contributed by atoms with Crippen molar-refractivity contribution in [3.8, 4) is 0 Å². The first kappa shape index (κ1) is 25.6. The zero-order valence-electron chi connectivity index (χ0n) is 18.5. The predicted octanol–water partition coefficient (Wildman–Crippen LogP) is 4.26. The van der Waals surface area contributed by atoms with Crippen molar-refractivity contribution in [3.63, 3.8) is 0 Å². The van der Waals surface area contributed by atoms with E-state index in [9.17, 15) is 9.18 Å². The Kier molecular flexibility index (Phi) is 10.4. The molecule has 0 aliphatic heterocycles. The lowest BCUT2D eigenvalue weighted by Gasteiger charge is -2.12. The van der Waals surface area contributed by atoms with Crippen LogP contribution in [0.15, 0.2) is 76.6 Å². The maximum absolute atomic E-state index is 13.3. The molecule has 1 heterocycles. The van der Waals surface area contributed by atoms with E-state index in [4.69, 9.17) is 0 Å². The second-order valence-corrected chi connectivity index (χ2v) is 7.43. The monoisotopic (exact) mass is 548 g/mol. The lowest BCUT2D eigenvalue weighted by atomic mass is 10.1. The summed E-state index contributed by atoms with van der Waals surface area (Å²) in [4.78, 5) is 16.5. The molecule has 2 aromatic carbocycles. The average molecular weight is 548 g/mol. The highest BCUT2D eigenvalue weighted by Gasteiger charge is 2.03. The summed E-state index contributed by atoms with van der Waals surface area (Å²) >= 11 is 0. The van der Waals surface area contributed by atoms with Gasteiger partial charge in [-0.2, -0.15) is 0 Å². The maximum Gasteiger partial charge on any atom is 0.250 e. The molecule has 0 spiro atoms. The summed E-state index contributed by atoms with van der Waals surface area (Å²) in [6.07, 6.45) is 2.59. The number of halogens is 2. The first-order valence-corrected chi connectivity index (χ1v) is 10.6. The summed E-state index contributed by atoms with van der Waals surface area (Å²) in [5.41, 5.74) is 4.24. The molecule has 7 heteroatoms. The molecule has 0 aliphatic rings. The Balaban J connectivity index is 0.00000363. The van der Waals surface area contributed by atoms with Crippen LogP contribution >= 0.6 is 24.0 Å². The highest BCUT2D eigenvalue weighted by molar-refractivity contribution is 14.0. The number of benzene rings is 2. The van der Waals surface area contributed by atoms with Gasteiger partial charge in [0.15, 0.2) is 5.96 Å². The third-order valence-electron chi connectivity index (χ3n) is 5.03. The summed E-state index contributed by atoms with van der Waals surface area (Å²) in [5, 5.41) is 6.59. The van der Waals surface area contributed by atoms with Crippen LogP contribution in [0.4, 0.5) is 4.39 Å². The van der Waals surface area contributed by atoms with E-state index in [-0.39, 0.29) is 35.4 Å². The van der Waals surface area contributed by atoms with Crippen LogP contribution in [0.2, 0.25) is 0 Å². The fourth-order valence-electron chi connectivity index (χ4n) is 3.31. The van der Waals surface area contributed by atoms with Gasteiger partial charge in [-0.25, -0.2) is 9.38 Å². The van der Waals surface area contributed by atoms with E-state index < -0.39 is 0 Å². The molecule has 0 unspecified atom stereocenters. The molecule has 2 N–H and O–H groups in total. The van der Waals surface area contributed by atoms with Gasteiger partial charge in [-0.1, -0.05) is 36.4 Å². The van der Waals surface area contributed by atoms with Crippen LogP contribution in [-0.4, -0.2) is 23.6 Å². The Bertz CT molecular complexity index is 1080. The molecule has 170 valence electrons. The number of aliphatic imine (C=N–C) groups is 1. The Morgan fingerprint density at radius 2 is 1.78 bits per heavy atom. The summed E-state index contributed by atoms with van der Waals surface area (Å²) in [7, 11) is 0. The fraction of sp³-hybridized carbons (Fsp3) is 0.280. The van der Waals surface area contributed by atoms with Gasteiger partial charge < -0.3 is 15.2 Å². The number of hydrogen-bond donors (Lipinski definition) is 2. The number of aryl methyl sites for hydroxylation is 1. The van der Waals surface area contributed by atoms with Crippen LogP contribution < -0.4 is 16.2 Å². The molecule has 3 aromatic rings. The maximum atomic E-state index is 13.3. The van der Waals surface area contributed by atoms with Crippen molar-refractivity contribution in [1.29, 1.82) is 0 Å². The van der Waals surface area contributed by atoms with Crippen LogP contribution in [0.1, 0.15) is 29.2 Å². The summed E-state index contributed by atoms with van der Waals surface area (Å²) < 4.78 is 14.9. The van der Waals surface area contributed by atoms with E-state index >= 15 is 0 Å². The van der Waals surface area contributed by atoms with Crippen LogP contribution in [-0.2, 0) is 19.5 Å². The fourth-order valence-corrected chi connectivity index (χ4v) is 3.31. The van der Waals surface area contributed by atoms with Gasteiger partial charge in [0, 0.05) is 25.4 Å². The van der Waals surface area contributed by atoms with Crippen molar-refractivity contribution in [2.75, 3.05) is 13.1 Å². The third kappa shape index (κ3) is 7.78. The molecule has 0 bridgehead atoms. The van der Waals surface area contributed by atoms with E-state index in [2.05, 4.69) is 15.6 Å². The van der Waals surface area contributed by atoms with Crippen LogP contribution in [0.3, 0.4) is 0 Å². The zero-order chi connectivity index (χ0) is 22.1. The molecule has 0 saturated heterocycles. The minimum Gasteiger partial charge on any atom is -0.357 e. The number of nitrogens with zero attached hydrogens (tertiary/aromatic N) is 2. The lowest BCUT2D eigenvalue weighted by Crippen LogP contribution is -2.38. The molecule has 5 nitrogen and oxygen atoms in total. The molecule has 0 radical (unpaired) electrons. The number of pyridine rings is 1. The standard InChI is InChI=1S/C25H29FN4O.HI/c1-3-27-25(28-14-13-22-11-12-23(26)16-19(22)2)29-17-20-7-9-21(10-8-20)18-30-15-5-4-6-24(30)31;/h4-12,15-16H,3,13-14,17-18H2,1-2H3,(H2,27,28,29);1H. The molecule has 0 atom stereocenters. The van der Waals surface area contributed by atoms with Crippen LogP contribution in [0.25, 0.3) is 0 Å². The van der Waals surface area contributed by atoms with Gasteiger partial charge in [0.2, 0.25) is 0 Å². The average Bonchev–Trinajstić information content (AvgIpc) is 2.76. The number of rotatable bonds is 8.